The van der Waals surface area contributed by atoms with E-state index in [4.69, 9.17) is 0 Å². The number of aliphatic hydroxyl groups excluding tert-OH is 1. The SMILES string of the molecule is CN[C@@H]1[C@@H](CO)C[C@@H]2C[C@@H]1C2(C)C.Cl. The molecule has 0 heterocycles. The first-order valence-electron chi connectivity index (χ1n) is 5.39. The van der Waals surface area contributed by atoms with Crippen molar-refractivity contribution in [2.75, 3.05) is 13.7 Å². The Hall–Kier alpha value is 0.210. The predicted molar refractivity (Wildman–Crippen MR) is 60.7 cm³/mol. The van der Waals surface area contributed by atoms with E-state index in [2.05, 4.69) is 19.2 Å². The van der Waals surface area contributed by atoms with Crippen molar-refractivity contribution in [2.45, 2.75) is 32.7 Å². The molecule has 3 rings (SSSR count). The Morgan fingerprint density at radius 2 is 2.00 bits per heavy atom. The van der Waals surface area contributed by atoms with E-state index in [1.54, 1.807) is 0 Å². The Balaban J connectivity index is 0.000000980. The summed E-state index contributed by atoms with van der Waals surface area (Å²) < 4.78 is 0. The summed E-state index contributed by atoms with van der Waals surface area (Å²) in [6.07, 6.45) is 2.58. The van der Waals surface area contributed by atoms with Crippen LogP contribution in [0.4, 0.5) is 0 Å². The van der Waals surface area contributed by atoms with E-state index >= 15 is 0 Å². The van der Waals surface area contributed by atoms with Crippen LogP contribution in [0.1, 0.15) is 26.7 Å². The van der Waals surface area contributed by atoms with Gasteiger partial charge < -0.3 is 10.4 Å². The molecule has 0 aliphatic heterocycles. The summed E-state index contributed by atoms with van der Waals surface area (Å²) in [6.45, 7) is 5.11. The second-order valence-corrected chi connectivity index (χ2v) is 5.35. The molecule has 3 aliphatic rings. The van der Waals surface area contributed by atoms with Gasteiger partial charge in [0.05, 0.1) is 0 Å². The first-order valence-corrected chi connectivity index (χ1v) is 5.39. The fourth-order valence-corrected chi connectivity index (χ4v) is 3.53. The first-order chi connectivity index (χ1) is 6.11. The molecule has 0 spiro atoms. The highest BCUT2D eigenvalue weighted by molar-refractivity contribution is 5.85. The van der Waals surface area contributed by atoms with Crippen LogP contribution in [0.25, 0.3) is 0 Å². The summed E-state index contributed by atoms with van der Waals surface area (Å²) in [4.78, 5) is 0. The molecular formula is C11H22ClNO. The lowest BCUT2D eigenvalue weighted by atomic mass is 9.45. The minimum atomic E-state index is 0. The number of hydrogen-bond donors (Lipinski definition) is 2. The van der Waals surface area contributed by atoms with E-state index in [0.29, 0.717) is 24.0 Å². The molecule has 84 valence electrons. The molecule has 0 saturated heterocycles. The van der Waals surface area contributed by atoms with Gasteiger partial charge in [-0.15, -0.1) is 12.4 Å². The molecule has 0 aromatic heterocycles. The minimum Gasteiger partial charge on any atom is -0.396 e. The van der Waals surface area contributed by atoms with Gasteiger partial charge in [0.15, 0.2) is 0 Å². The normalized spacial score (nSPS) is 43.7. The van der Waals surface area contributed by atoms with Gasteiger partial charge in [-0.25, -0.2) is 0 Å². The molecule has 14 heavy (non-hydrogen) atoms. The van der Waals surface area contributed by atoms with Crippen molar-refractivity contribution in [3.63, 3.8) is 0 Å². The van der Waals surface area contributed by atoms with Gasteiger partial charge in [0, 0.05) is 12.6 Å². The summed E-state index contributed by atoms with van der Waals surface area (Å²) in [5, 5.41) is 12.6. The summed E-state index contributed by atoms with van der Waals surface area (Å²) in [5.74, 6) is 2.15. The van der Waals surface area contributed by atoms with E-state index in [9.17, 15) is 5.11 Å². The Morgan fingerprint density at radius 3 is 2.43 bits per heavy atom. The second kappa shape index (κ2) is 3.99. The smallest absolute Gasteiger partial charge is 0.0474 e. The lowest BCUT2D eigenvalue weighted by Gasteiger charge is -2.62. The van der Waals surface area contributed by atoms with Gasteiger partial charge in [-0.1, -0.05) is 13.8 Å². The van der Waals surface area contributed by atoms with Gasteiger partial charge in [-0.05, 0) is 43.1 Å². The van der Waals surface area contributed by atoms with Crippen LogP contribution in [-0.4, -0.2) is 24.8 Å². The fraction of sp³-hybridized carbons (Fsp3) is 1.00. The van der Waals surface area contributed by atoms with Gasteiger partial charge in [-0.2, -0.15) is 0 Å². The highest BCUT2D eigenvalue weighted by atomic mass is 35.5. The van der Waals surface area contributed by atoms with Crippen molar-refractivity contribution in [1.82, 2.24) is 5.32 Å². The Bertz CT molecular complexity index is 207. The third-order valence-electron chi connectivity index (χ3n) is 4.64. The zero-order valence-electron chi connectivity index (χ0n) is 9.29. The van der Waals surface area contributed by atoms with Crippen molar-refractivity contribution >= 4 is 12.4 Å². The number of hydrogen-bond acceptors (Lipinski definition) is 2. The van der Waals surface area contributed by atoms with E-state index in [-0.39, 0.29) is 12.4 Å². The zero-order chi connectivity index (χ0) is 9.64. The van der Waals surface area contributed by atoms with Crippen molar-refractivity contribution < 1.29 is 5.11 Å². The van der Waals surface area contributed by atoms with Gasteiger partial charge in [0.2, 0.25) is 0 Å². The standard InChI is InChI=1S/C11H21NO.ClH/c1-11(2)8-4-7(6-13)10(12-3)9(11)5-8;/h7-10,12-13H,4-6H2,1-3H3;1H/t7-,8-,9+,10-;/m1./s1. The molecular weight excluding hydrogens is 198 g/mol. The summed E-state index contributed by atoms with van der Waals surface area (Å²) in [5.41, 5.74) is 0.513. The third-order valence-corrected chi connectivity index (χ3v) is 4.64. The van der Waals surface area contributed by atoms with Crippen molar-refractivity contribution in [1.29, 1.82) is 0 Å². The van der Waals surface area contributed by atoms with E-state index in [1.165, 1.54) is 12.8 Å². The molecule has 0 aromatic carbocycles. The first kappa shape index (κ1) is 12.3. The van der Waals surface area contributed by atoms with Gasteiger partial charge >= 0.3 is 0 Å². The predicted octanol–water partition coefficient (Wildman–Crippen LogP) is 1.67. The number of rotatable bonds is 2. The molecule has 2 N–H and O–H groups in total. The Morgan fingerprint density at radius 1 is 1.36 bits per heavy atom. The lowest BCUT2D eigenvalue weighted by molar-refractivity contribution is -0.120. The highest BCUT2D eigenvalue weighted by Crippen LogP contribution is 2.60. The largest absolute Gasteiger partial charge is 0.396 e. The molecule has 2 bridgehead atoms. The molecule has 4 atom stereocenters. The van der Waals surface area contributed by atoms with E-state index in [0.717, 1.165) is 11.8 Å². The minimum absolute atomic E-state index is 0. The van der Waals surface area contributed by atoms with Crippen LogP contribution in [0.5, 0.6) is 0 Å². The van der Waals surface area contributed by atoms with Crippen LogP contribution in [0.15, 0.2) is 0 Å². The number of fused-ring (bicyclic) bond motifs is 2. The molecule has 3 saturated carbocycles. The maximum Gasteiger partial charge on any atom is 0.0474 e. The monoisotopic (exact) mass is 219 g/mol. The number of aliphatic hydroxyl groups is 1. The third kappa shape index (κ3) is 1.48. The van der Waals surface area contributed by atoms with Crippen molar-refractivity contribution in [2.24, 2.45) is 23.2 Å². The number of nitrogens with one attached hydrogen (secondary N) is 1. The molecule has 0 aromatic rings. The Kier molecular flexibility index (Phi) is 3.50. The molecule has 3 heteroatoms. The van der Waals surface area contributed by atoms with Crippen molar-refractivity contribution in [3.05, 3.63) is 0 Å². The average Bonchev–Trinajstić information content (AvgIpc) is 2.16. The highest BCUT2D eigenvalue weighted by Gasteiger charge is 2.56. The maximum atomic E-state index is 9.26. The molecule has 0 radical (unpaired) electrons. The second-order valence-electron chi connectivity index (χ2n) is 5.35. The van der Waals surface area contributed by atoms with Crippen LogP contribution < -0.4 is 5.32 Å². The maximum absolute atomic E-state index is 9.26. The summed E-state index contributed by atoms with van der Waals surface area (Å²) >= 11 is 0. The van der Waals surface area contributed by atoms with Gasteiger partial charge in [0.1, 0.15) is 0 Å². The zero-order valence-corrected chi connectivity index (χ0v) is 10.1. The van der Waals surface area contributed by atoms with Gasteiger partial charge in [-0.3, -0.25) is 0 Å². The van der Waals surface area contributed by atoms with E-state index in [1.807, 2.05) is 7.05 Å². The average molecular weight is 220 g/mol. The Labute approximate surface area is 92.9 Å². The van der Waals surface area contributed by atoms with Crippen LogP contribution in [0.3, 0.4) is 0 Å². The summed E-state index contributed by atoms with van der Waals surface area (Å²) in [6, 6.07) is 0.546. The molecule has 0 amide bonds. The molecule has 3 fully saturated rings. The van der Waals surface area contributed by atoms with Crippen LogP contribution >= 0.6 is 12.4 Å². The number of halogens is 1. The van der Waals surface area contributed by atoms with Crippen molar-refractivity contribution in [3.8, 4) is 0 Å². The van der Waals surface area contributed by atoms with Crippen LogP contribution in [0, 0.1) is 23.2 Å². The van der Waals surface area contributed by atoms with E-state index < -0.39 is 0 Å². The summed E-state index contributed by atoms with van der Waals surface area (Å²) in [7, 11) is 2.03. The quantitative estimate of drug-likeness (QED) is 0.741. The molecule has 3 aliphatic carbocycles. The topological polar surface area (TPSA) is 32.3 Å². The van der Waals surface area contributed by atoms with Crippen LogP contribution in [-0.2, 0) is 0 Å². The van der Waals surface area contributed by atoms with Crippen LogP contribution in [0.2, 0.25) is 0 Å². The lowest BCUT2D eigenvalue weighted by Crippen LogP contribution is -2.62. The fourth-order valence-electron chi connectivity index (χ4n) is 3.53. The molecule has 0 unspecified atom stereocenters. The molecule has 2 nitrogen and oxygen atoms in total. The van der Waals surface area contributed by atoms with Gasteiger partial charge in [0.25, 0.3) is 0 Å².